The van der Waals surface area contributed by atoms with Crippen LogP contribution in [0.2, 0.25) is 0 Å². The molecule has 1 saturated heterocycles. The first kappa shape index (κ1) is 14.3. The molecule has 1 heterocycles. The predicted octanol–water partition coefficient (Wildman–Crippen LogP) is 0.990. The van der Waals surface area contributed by atoms with Crippen molar-refractivity contribution in [3.8, 4) is 0 Å². The van der Waals surface area contributed by atoms with Crippen LogP contribution in [0.25, 0.3) is 0 Å². The Labute approximate surface area is 111 Å². The molecule has 0 aromatic carbocycles. The maximum atomic E-state index is 9.27. The third-order valence-corrected chi connectivity index (χ3v) is 4.34. The highest BCUT2D eigenvalue weighted by Crippen LogP contribution is 2.26. The minimum Gasteiger partial charge on any atom is -0.395 e. The summed E-state index contributed by atoms with van der Waals surface area (Å²) in [5.74, 6) is 0. The number of nitrogens with zero attached hydrogens (tertiary/aromatic N) is 1. The van der Waals surface area contributed by atoms with Gasteiger partial charge in [0.25, 0.3) is 0 Å². The smallest absolute Gasteiger partial charge is 0.0620 e. The molecule has 2 atom stereocenters. The SMILES string of the molecule is CC(CC1COCCN1)N(CCO)C1CCCC1. The number of aliphatic hydroxyl groups excluding tert-OH is 1. The third-order valence-electron chi connectivity index (χ3n) is 4.34. The molecule has 0 aromatic rings. The van der Waals surface area contributed by atoms with E-state index in [2.05, 4.69) is 17.1 Å². The fraction of sp³-hybridized carbons (Fsp3) is 1.00. The number of rotatable bonds is 6. The van der Waals surface area contributed by atoms with Crippen molar-refractivity contribution in [2.24, 2.45) is 0 Å². The number of ether oxygens (including phenoxy) is 1. The molecule has 2 N–H and O–H groups in total. The molecule has 1 aliphatic carbocycles. The molecule has 0 aromatic heterocycles. The van der Waals surface area contributed by atoms with Crippen molar-refractivity contribution in [3.63, 3.8) is 0 Å². The van der Waals surface area contributed by atoms with Gasteiger partial charge in [0.2, 0.25) is 0 Å². The molecule has 106 valence electrons. The monoisotopic (exact) mass is 256 g/mol. The average molecular weight is 256 g/mol. The van der Waals surface area contributed by atoms with Crippen LogP contribution in [0, 0.1) is 0 Å². The molecule has 4 heteroatoms. The summed E-state index contributed by atoms with van der Waals surface area (Å²) in [6.45, 7) is 6.04. The van der Waals surface area contributed by atoms with Crippen molar-refractivity contribution < 1.29 is 9.84 Å². The molecule has 1 aliphatic heterocycles. The Morgan fingerprint density at radius 2 is 2.17 bits per heavy atom. The fourth-order valence-electron chi connectivity index (χ4n) is 3.43. The van der Waals surface area contributed by atoms with Gasteiger partial charge in [-0.3, -0.25) is 4.90 Å². The van der Waals surface area contributed by atoms with Crippen molar-refractivity contribution in [1.29, 1.82) is 0 Å². The second-order valence-corrected chi connectivity index (χ2v) is 5.71. The van der Waals surface area contributed by atoms with Crippen LogP contribution in [0.1, 0.15) is 39.0 Å². The van der Waals surface area contributed by atoms with E-state index in [1.165, 1.54) is 25.7 Å². The Morgan fingerprint density at radius 3 is 2.78 bits per heavy atom. The van der Waals surface area contributed by atoms with Crippen molar-refractivity contribution in [1.82, 2.24) is 10.2 Å². The van der Waals surface area contributed by atoms with Gasteiger partial charge in [-0.05, 0) is 26.2 Å². The van der Waals surface area contributed by atoms with E-state index in [4.69, 9.17) is 4.74 Å². The van der Waals surface area contributed by atoms with E-state index in [0.717, 1.165) is 32.7 Å². The van der Waals surface area contributed by atoms with Crippen LogP contribution < -0.4 is 5.32 Å². The van der Waals surface area contributed by atoms with Crippen LogP contribution >= 0.6 is 0 Å². The van der Waals surface area contributed by atoms with Crippen molar-refractivity contribution >= 4 is 0 Å². The topological polar surface area (TPSA) is 44.7 Å². The summed E-state index contributed by atoms with van der Waals surface area (Å²) >= 11 is 0. The summed E-state index contributed by atoms with van der Waals surface area (Å²) in [4.78, 5) is 2.52. The van der Waals surface area contributed by atoms with E-state index in [-0.39, 0.29) is 6.61 Å². The van der Waals surface area contributed by atoms with E-state index in [1.807, 2.05) is 0 Å². The first-order valence-corrected chi connectivity index (χ1v) is 7.49. The van der Waals surface area contributed by atoms with Gasteiger partial charge < -0.3 is 15.2 Å². The first-order chi connectivity index (χ1) is 8.81. The van der Waals surface area contributed by atoms with Crippen LogP contribution in [0.15, 0.2) is 0 Å². The lowest BCUT2D eigenvalue weighted by atomic mass is 10.0. The molecule has 18 heavy (non-hydrogen) atoms. The molecule has 2 rings (SSSR count). The zero-order chi connectivity index (χ0) is 12.8. The molecule has 4 nitrogen and oxygen atoms in total. The summed E-state index contributed by atoms with van der Waals surface area (Å²) in [6.07, 6.45) is 6.43. The zero-order valence-electron chi connectivity index (χ0n) is 11.6. The molecular formula is C14H28N2O2. The summed E-state index contributed by atoms with van der Waals surface area (Å²) in [6, 6.07) is 1.70. The highest BCUT2D eigenvalue weighted by molar-refractivity contribution is 4.84. The summed E-state index contributed by atoms with van der Waals surface area (Å²) < 4.78 is 5.52. The largest absolute Gasteiger partial charge is 0.395 e. The van der Waals surface area contributed by atoms with Gasteiger partial charge in [0.1, 0.15) is 0 Å². The fourth-order valence-corrected chi connectivity index (χ4v) is 3.43. The Balaban J connectivity index is 1.83. The zero-order valence-corrected chi connectivity index (χ0v) is 11.6. The standard InChI is InChI=1S/C14H28N2O2/c1-12(10-13-11-18-9-6-15-13)16(7-8-17)14-4-2-3-5-14/h12-15,17H,2-11H2,1H3. The van der Waals surface area contributed by atoms with E-state index in [9.17, 15) is 5.11 Å². The van der Waals surface area contributed by atoms with Crippen LogP contribution in [-0.4, -0.2) is 61.0 Å². The lowest BCUT2D eigenvalue weighted by Gasteiger charge is -2.36. The van der Waals surface area contributed by atoms with Gasteiger partial charge in [0, 0.05) is 31.2 Å². The normalized spacial score (nSPS) is 27.8. The lowest BCUT2D eigenvalue weighted by Crippen LogP contribution is -2.48. The quantitative estimate of drug-likeness (QED) is 0.744. The second-order valence-electron chi connectivity index (χ2n) is 5.71. The van der Waals surface area contributed by atoms with Crippen molar-refractivity contribution in [3.05, 3.63) is 0 Å². The van der Waals surface area contributed by atoms with Crippen LogP contribution in [-0.2, 0) is 4.74 Å². The molecule has 2 fully saturated rings. The lowest BCUT2D eigenvalue weighted by molar-refractivity contribution is 0.0504. The number of aliphatic hydroxyl groups is 1. The molecular weight excluding hydrogens is 228 g/mol. The molecule has 0 spiro atoms. The van der Waals surface area contributed by atoms with Gasteiger partial charge in [-0.25, -0.2) is 0 Å². The minimum absolute atomic E-state index is 0.273. The maximum Gasteiger partial charge on any atom is 0.0620 e. The first-order valence-electron chi connectivity index (χ1n) is 7.49. The van der Waals surface area contributed by atoms with Gasteiger partial charge in [0.05, 0.1) is 19.8 Å². The molecule has 1 saturated carbocycles. The third kappa shape index (κ3) is 3.92. The summed E-state index contributed by atoms with van der Waals surface area (Å²) in [5, 5.41) is 12.8. The van der Waals surface area contributed by atoms with Gasteiger partial charge in [0.15, 0.2) is 0 Å². The van der Waals surface area contributed by atoms with E-state index in [0.29, 0.717) is 18.1 Å². The minimum atomic E-state index is 0.273. The molecule has 2 unspecified atom stereocenters. The van der Waals surface area contributed by atoms with Gasteiger partial charge >= 0.3 is 0 Å². The average Bonchev–Trinajstić information content (AvgIpc) is 2.90. The molecule has 0 radical (unpaired) electrons. The number of morpholine rings is 1. The predicted molar refractivity (Wildman–Crippen MR) is 72.7 cm³/mol. The van der Waals surface area contributed by atoms with Crippen molar-refractivity contribution in [2.75, 3.05) is 32.9 Å². The van der Waals surface area contributed by atoms with E-state index < -0.39 is 0 Å². The number of hydrogen-bond donors (Lipinski definition) is 2. The van der Waals surface area contributed by atoms with E-state index >= 15 is 0 Å². The summed E-state index contributed by atoms with van der Waals surface area (Å²) in [5.41, 5.74) is 0. The molecule has 0 amide bonds. The molecule has 2 aliphatic rings. The number of nitrogens with one attached hydrogen (secondary N) is 1. The Hall–Kier alpha value is -0.160. The highest BCUT2D eigenvalue weighted by atomic mass is 16.5. The second kappa shape index (κ2) is 7.43. The Morgan fingerprint density at radius 1 is 1.39 bits per heavy atom. The van der Waals surface area contributed by atoms with Gasteiger partial charge in [-0.2, -0.15) is 0 Å². The Kier molecular flexibility index (Phi) is 5.89. The molecule has 0 bridgehead atoms. The van der Waals surface area contributed by atoms with Crippen LogP contribution in [0.5, 0.6) is 0 Å². The van der Waals surface area contributed by atoms with E-state index in [1.54, 1.807) is 0 Å². The maximum absolute atomic E-state index is 9.27. The van der Waals surface area contributed by atoms with Crippen molar-refractivity contribution in [2.45, 2.75) is 57.2 Å². The number of hydrogen-bond acceptors (Lipinski definition) is 4. The highest BCUT2D eigenvalue weighted by Gasteiger charge is 2.28. The van der Waals surface area contributed by atoms with Gasteiger partial charge in [-0.15, -0.1) is 0 Å². The van der Waals surface area contributed by atoms with Crippen LogP contribution in [0.4, 0.5) is 0 Å². The van der Waals surface area contributed by atoms with Crippen LogP contribution in [0.3, 0.4) is 0 Å². The summed E-state index contributed by atoms with van der Waals surface area (Å²) in [7, 11) is 0. The Bertz CT molecular complexity index is 226. The van der Waals surface area contributed by atoms with Gasteiger partial charge in [-0.1, -0.05) is 12.8 Å².